The van der Waals surface area contributed by atoms with Gasteiger partial charge in [-0.05, 0) is 107 Å². The first-order valence-corrected chi connectivity index (χ1v) is 12.4. The van der Waals surface area contributed by atoms with E-state index in [1.165, 1.54) is 0 Å². The molecule has 0 aliphatic rings. The van der Waals surface area contributed by atoms with E-state index in [2.05, 4.69) is 284 Å². The molecule has 0 aromatic heterocycles. The normalized spacial score (nSPS) is 3.96. The Morgan fingerprint density at radius 2 is 0.271 bits per heavy atom. The lowest BCUT2D eigenvalue weighted by atomic mass is 10.4. The third-order valence-electron chi connectivity index (χ3n) is 2.87. The molecule has 0 amide bonds. The second-order valence-electron chi connectivity index (χ2n) is 5.86. The van der Waals surface area contributed by atoms with Gasteiger partial charge in [0, 0.05) is 166 Å². The number of hydrogen-bond acceptors (Lipinski definition) is 1. The van der Waals surface area contributed by atoms with Gasteiger partial charge in [-0.25, -0.2) is 0 Å². The van der Waals surface area contributed by atoms with Gasteiger partial charge in [0.1, 0.15) is 0 Å². The predicted molar refractivity (Wildman–Crippen MR) is 194 cm³/mol. The van der Waals surface area contributed by atoms with E-state index in [-0.39, 0.29) is 0 Å². The van der Waals surface area contributed by atoms with Crippen molar-refractivity contribution in [2.45, 2.75) is 6.92 Å². The van der Waals surface area contributed by atoms with Crippen LogP contribution < -0.4 is 0 Å². The molecule has 0 aliphatic carbocycles. The molecule has 48 heavy (non-hydrogen) atoms. The van der Waals surface area contributed by atoms with Crippen molar-refractivity contribution in [3.05, 3.63) is 0 Å². The third-order valence-corrected chi connectivity index (χ3v) is 2.98. The molecule has 0 aromatic carbocycles. The van der Waals surface area contributed by atoms with Crippen molar-refractivity contribution in [1.82, 2.24) is 0 Å². The predicted octanol–water partition coefficient (Wildman–Crippen LogP) is 0.972. The standard InChI is InChI=1S/C47H4S/c1-2-3-4-5-6-7-8-9-10-11-12-13-14-15-16-17-18-19-20-21-22-23-24-25-26-27-28-29-30-31-32-33-34-35-36-37-38-39-40-41-42-43-44-45-46-47-48/h48H,1H3. The summed E-state index contributed by atoms with van der Waals surface area (Å²) in [6, 6.07) is 0. The van der Waals surface area contributed by atoms with Crippen molar-refractivity contribution in [2.75, 3.05) is 0 Å². The fourth-order valence-corrected chi connectivity index (χ4v) is 1.46. The molecule has 0 aliphatic heterocycles. The molecule has 0 aromatic rings. The van der Waals surface area contributed by atoms with Gasteiger partial charge in [0.2, 0.25) is 0 Å². The topological polar surface area (TPSA) is 0 Å². The Kier molecular flexibility index (Phi) is 29.7. The Morgan fingerprint density at radius 3 is 0.375 bits per heavy atom. The van der Waals surface area contributed by atoms with Crippen LogP contribution in [-0.4, -0.2) is 0 Å². The van der Waals surface area contributed by atoms with Crippen LogP contribution in [0.5, 0.6) is 0 Å². The van der Waals surface area contributed by atoms with Gasteiger partial charge >= 0.3 is 0 Å². The summed E-state index contributed by atoms with van der Waals surface area (Å²) in [6.45, 7) is 1.69. The van der Waals surface area contributed by atoms with Gasteiger partial charge in [0.05, 0.1) is 0 Å². The minimum atomic E-state index is 1.69. The molecule has 0 rings (SSSR count). The first-order valence-electron chi connectivity index (χ1n) is 12.0. The SMILES string of the molecule is CC#CC#CC#CC#CC#CC#CC#CC#CC#CC#CC#CC#CC#CC#CC#CC#CC#CC#CC#CC#CC#CC#CC#CS. The van der Waals surface area contributed by atoms with Crippen LogP contribution in [-0.2, 0) is 0 Å². The van der Waals surface area contributed by atoms with Crippen LogP contribution in [0.4, 0.5) is 0 Å². The van der Waals surface area contributed by atoms with Crippen LogP contribution in [0.25, 0.3) is 0 Å². The highest BCUT2D eigenvalue weighted by atomic mass is 32.1. The molecular weight excluding hydrogens is 597 g/mol. The largest absolute Gasteiger partial charge is 0.0925 e. The smallest absolute Gasteiger partial charge is 0 e. The summed E-state index contributed by atoms with van der Waals surface area (Å²) in [5.41, 5.74) is 0. The minimum Gasteiger partial charge on any atom is -0.0925 e. The maximum Gasteiger partial charge on any atom is 0 e. The molecule has 0 saturated carbocycles. The third kappa shape index (κ3) is 36.2. The van der Waals surface area contributed by atoms with Gasteiger partial charge in [0.15, 0.2) is 0 Å². The van der Waals surface area contributed by atoms with Crippen LogP contribution in [0.1, 0.15) is 6.92 Å². The summed E-state index contributed by atoms with van der Waals surface area (Å²) in [5.74, 6) is 113. The van der Waals surface area contributed by atoms with Gasteiger partial charge in [-0.3, -0.25) is 0 Å². The zero-order valence-corrected chi connectivity index (χ0v) is 25.3. The highest BCUT2D eigenvalue weighted by Crippen LogP contribution is 1.62. The van der Waals surface area contributed by atoms with Gasteiger partial charge in [0.25, 0.3) is 0 Å². The van der Waals surface area contributed by atoms with Crippen LogP contribution in [0.3, 0.4) is 0 Å². The van der Waals surface area contributed by atoms with Gasteiger partial charge in [-0.1, -0.05) is 18.5 Å². The van der Waals surface area contributed by atoms with E-state index < -0.39 is 0 Å². The Labute approximate surface area is 290 Å². The van der Waals surface area contributed by atoms with Crippen LogP contribution in [0.15, 0.2) is 0 Å². The minimum absolute atomic E-state index is 1.69. The molecule has 198 valence electrons. The van der Waals surface area contributed by atoms with E-state index in [1.807, 2.05) is 0 Å². The number of hydrogen-bond donors (Lipinski definition) is 1. The highest BCUT2D eigenvalue weighted by molar-refractivity contribution is 7.85. The van der Waals surface area contributed by atoms with Crippen LogP contribution in [0.2, 0.25) is 0 Å². The molecule has 0 spiro atoms. The first kappa shape index (κ1) is 38.2. The van der Waals surface area contributed by atoms with E-state index in [4.69, 9.17) is 0 Å². The van der Waals surface area contributed by atoms with E-state index in [1.54, 1.807) is 6.92 Å². The molecule has 1 heteroatoms. The maximum absolute atomic E-state index is 3.67. The molecule has 0 unspecified atom stereocenters. The zero-order chi connectivity index (χ0) is 34.5. The average molecular weight is 601 g/mol. The Bertz CT molecular complexity index is 2660. The van der Waals surface area contributed by atoms with Gasteiger partial charge in [-0.2, -0.15) is 0 Å². The number of thiol groups is 1. The lowest BCUT2D eigenvalue weighted by Crippen LogP contribution is -1.57. The van der Waals surface area contributed by atoms with Crippen LogP contribution >= 0.6 is 12.6 Å². The maximum atomic E-state index is 3.67. The second-order valence-corrected chi connectivity index (χ2v) is 6.09. The molecule has 0 nitrogen and oxygen atoms in total. The van der Waals surface area contributed by atoms with E-state index in [0.29, 0.717) is 0 Å². The summed E-state index contributed by atoms with van der Waals surface area (Å²) in [4.78, 5) is 0. The van der Waals surface area contributed by atoms with E-state index >= 15 is 0 Å². The van der Waals surface area contributed by atoms with E-state index in [9.17, 15) is 0 Å². The lowest BCUT2D eigenvalue weighted by Gasteiger charge is -1.57. The first-order chi connectivity index (χ1) is 23.9. The molecule has 0 fully saturated rings. The van der Waals surface area contributed by atoms with Crippen molar-refractivity contribution in [3.8, 4) is 272 Å². The lowest BCUT2D eigenvalue weighted by molar-refractivity contribution is 1.92. The van der Waals surface area contributed by atoms with Crippen LogP contribution in [0, 0.1) is 272 Å². The molecule has 0 radical (unpaired) electrons. The molecular formula is C47H4S. The summed E-state index contributed by atoms with van der Waals surface area (Å²) < 4.78 is 0. The zero-order valence-electron chi connectivity index (χ0n) is 24.4. The number of rotatable bonds is 0. The molecule has 0 saturated heterocycles. The molecule has 0 atom stereocenters. The van der Waals surface area contributed by atoms with Crippen molar-refractivity contribution < 1.29 is 0 Å². The quantitative estimate of drug-likeness (QED) is 0.311. The van der Waals surface area contributed by atoms with Gasteiger partial charge < -0.3 is 0 Å². The van der Waals surface area contributed by atoms with Crippen molar-refractivity contribution in [2.24, 2.45) is 0 Å². The van der Waals surface area contributed by atoms with Crippen molar-refractivity contribution in [1.29, 1.82) is 0 Å². The fraction of sp³-hybridized carbons (Fsp3) is 0.0213. The molecule has 0 bridgehead atoms. The Hall–Kier alpha value is -9.77. The Morgan fingerprint density at radius 1 is 0.167 bits per heavy atom. The second kappa shape index (κ2) is 37.2. The fourth-order valence-electron chi connectivity index (χ4n) is 1.40. The van der Waals surface area contributed by atoms with E-state index in [0.717, 1.165) is 0 Å². The average Bonchev–Trinajstić information content (AvgIpc) is 3.10. The Balaban J connectivity index is 4.55. The summed E-state index contributed by atoms with van der Waals surface area (Å²) in [5, 5.41) is 2.32. The van der Waals surface area contributed by atoms with Crippen molar-refractivity contribution >= 4 is 12.6 Å². The monoisotopic (exact) mass is 600 g/mol. The van der Waals surface area contributed by atoms with Gasteiger partial charge in [-0.15, -0.1) is 0 Å². The molecule has 0 N–H and O–H groups in total. The summed E-state index contributed by atoms with van der Waals surface area (Å²) in [6.07, 6.45) is 0. The highest BCUT2D eigenvalue weighted by Gasteiger charge is 1.61. The van der Waals surface area contributed by atoms with Crippen molar-refractivity contribution in [3.63, 3.8) is 0 Å². The summed E-state index contributed by atoms with van der Waals surface area (Å²) in [7, 11) is 0. The molecule has 0 heterocycles. The summed E-state index contributed by atoms with van der Waals surface area (Å²) >= 11 is 3.67.